The summed E-state index contributed by atoms with van der Waals surface area (Å²) in [5, 5.41) is 3.72. The summed E-state index contributed by atoms with van der Waals surface area (Å²) in [6.45, 7) is 4.27. The lowest BCUT2D eigenvalue weighted by Gasteiger charge is -2.33. The van der Waals surface area contributed by atoms with Crippen molar-refractivity contribution in [3.63, 3.8) is 0 Å². The highest BCUT2D eigenvalue weighted by molar-refractivity contribution is 8.00. The minimum absolute atomic E-state index is 0.677. The van der Waals surface area contributed by atoms with Gasteiger partial charge in [-0.1, -0.05) is 6.92 Å². The molecule has 1 aliphatic heterocycles. The summed E-state index contributed by atoms with van der Waals surface area (Å²) in [7, 11) is 3.51. The van der Waals surface area contributed by atoms with E-state index in [0.29, 0.717) is 5.25 Å². The molecule has 0 radical (unpaired) electrons. The maximum atomic E-state index is 5.45. The van der Waals surface area contributed by atoms with Gasteiger partial charge < -0.3 is 15.0 Å². The Hall–Kier alpha value is -1.17. The summed E-state index contributed by atoms with van der Waals surface area (Å²) >= 11 is 2.04. The molecule has 2 heterocycles. The first-order chi connectivity index (χ1) is 8.80. The first-order valence-corrected chi connectivity index (χ1v) is 7.28. The summed E-state index contributed by atoms with van der Waals surface area (Å²) in [5.74, 6) is 3.52. The van der Waals surface area contributed by atoms with Crippen molar-refractivity contribution in [2.24, 2.45) is 0 Å². The quantitative estimate of drug-likeness (QED) is 0.899. The van der Waals surface area contributed by atoms with Crippen LogP contribution in [-0.2, 0) is 0 Å². The Morgan fingerprint density at radius 2 is 2.39 bits per heavy atom. The molecule has 0 spiro atoms. The molecule has 0 amide bonds. The minimum Gasteiger partial charge on any atom is -0.490 e. The second kappa shape index (κ2) is 6.13. The Morgan fingerprint density at radius 1 is 1.56 bits per heavy atom. The molecule has 1 atom stereocenters. The van der Waals surface area contributed by atoms with E-state index in [1.807, 2.05) is 18.8 Å². The van der Waals surface area contributed by atoms with E-state index in [1.165, 1.54) is 6.42 Å². The molecule has 1 fully saturated rings. The average Bonchev–Trinajstić information content (AvgIpc) is 2.46. The van der Waals surface area contributed by atoms with E-state index < -0.39 is 0 Å². The molecule has 18 heavy (non-hydrogen) atoms. The number of methoxy groups -OCH3 is 1. The van der Waals surface area contributed by atoms with Crippen LogP contribution in [0.2, 0.25) is 0 Å². The van der Waals surface area contributed by atoms with Crippen molar-refractivity contribution in [1.29, 1.82) is 0 Å². The number of anilines is 2. The normalized spacial score (nSPS) is 19.7. The van der Waals surface area contributed by atoms with Crippen molar-refractivity contribution in [1.82, 2.24) is 9.97 Å². The third-order valence-corrected chi connectivity index (χ3v) is 4.49. The van der Waals surface area contributed by atoms with Crippen molar-refractivity contribution in [2.75, 3.05) is 43.2 Å². The Balaban J connectivity index is 2.26. The summed E-state index contributed by atoms with van der Waals surface area (Å²) in [6, 6.07) is 0. The van der Waals surface area contributed by atoms with Crippen LogP contribution in [0, 0.1) is 0 Å². The standard InChI is InChI=1S/C12H20N4OS/c1-4-9-7-16(5-6-18-9)12-10(17-3)11(13-2)14-8-15-12/h8-9H,4-7H2,1-3H3,(H,13,14,15). The molecule has 1 aromatic rings. The van der Waals surface area contributed by atoms with E-state index in [9.17, 15) is 0 Å². The molecule has 100 valence electrons. The molecule has 0 saturated carbocycles. The van der Waals surface area contributed by atoms with Gasteiger partial charge in [-0.25, -0.2) is 9.97 Å². The Kier molecular flexibility index (Phi) is 4.52. The van der Waals surface area contributed by atoms with Gasteiger partial charge in [0.15, 0.2) is 11.6 Å². The number of hydrogen-bond donors (Lipinski definition) is 1. The maximum absolute atomic E-state index is 5.45. The Bertz CT molecular complexity index is 402. The largest absolute Gasteiger partial charge is 0.490 e. The van der Waals surface area contributed by atoms with Crippen molar-refractivity contribution in [2.45, 2.75) is 18.6 Å². The lowest BCUT2D eigenvalue weighted by atomic mass is 10.3. The fourth-order valence-corrected chi connectivity index (χ4v) is 3.29. The number of hydrogen-bond acceptors (Lipinski definition) is 6. The molecule has 5 nitrogen and oxygen atoms in total. The van der Waals surface area contributed by atoms with E-state index in [1.54, 1.807) is 13.4 Å². The first kappa shape index (κ1) is 13.3. The van der Waals surface area contributed by atoms with Gasteiger partial charge in [-0.3, -0.25) is 0 Å². The molecular formula is C12H20N4OS. The molecule has 0 aromatic carbocycles. The van der Waals surface area contributed by atoms with Crippen LogP contribution in [0.1, 0.15) is 13.3 Å². The highest BCUT2D eigenvalue weighted by Crippen LogP contribution is 2.34. The highest BCUT2D eigenvalue weighted by atomic mass is 32.2. The zero-order chi connectivity index (χ0) is 13.0. The molecule has 0 bridgehead atoms. The summed E-state index contributed by atoms with van der Waals surface area (Å²) < 4.78 is 5.45. The van der Waals surface area contributed by atoms with Gasteiger partial charge in [0.05, 0.1) is 7.11 Å². The van der Waals surface area contributed by atoms with Crippen LogP contribution in [0.4, 0.5) is 11.6 Å². The van der Waals surface area contributed by atoms with Gasteiger partial charge in [-0.2, -0.15) is 11.8 Å². The van der Waals surface area contributed by atoms with Gasteiger partial charge in [0.2, 0.25) is 5.75 Å². The molecular weight excluding hydrogens is 248 g/mol. The monoisotopic (exact) mass is 268 g/mol. The molecule has 0 aliphatic carbocycles. The lowest BCUT2D eigenvalue weighted by Crippen LogP contribution is -2.38. The predicted octanol–water partition coefficient (Wildman–Crippen LogP) is 1.86. The SMILES string of the molecule is CCC1CN(c2ncnc(NC)c2OC)CCS1. The molecule has 1 unspecified atom stereocenters. The number of aromatic nitrogens is 2. The third kappa shape index (κ3) is 2.63. The van der Waals surface area contributed by atoms with Crippen LogP contribution in [0.25, 0.3) is 0 Å². The van der Waals surface area contributed by atoms with Crippen LogP contribution in [0.5, 0.6) is 5.75 Å². The Labute approximate surface area is 112 Å². The van der Waals surface area contributed by atoms with Crippen LogP contribution >= 0.6 is 11.8 Å². The van der Waals surface area contributed by atoms with Gasteiger partial charge in [-0.15, -0.1) is 0 Å². The predicted molar refractivity (Wildman–Crippen MR) is 76.9 cm³/mol. The minimum atomic E-state index is 0.677. The van der Waals surface area contributed by atoms with Crippen molar-refractivity contribution in [3.8, 4) is 5.75 Å². The van der Waals surface area contributed by atoms with Crippen LogP contribution < -0.4 is 15.0 Å². The number of nitrogens with one attached hydrogen (secondary N) is 1. The number of thioether (sulfide) groups is 1. The van der Waals surface area contributed by atoms with Crippen LogP contribution in [0.3, 0.4) is 0 Å². The topological polar surface area (TPSA) is 50.3 Å². The average molecular weight is 268 g/mol. The summed E-state index contributed by atoms with van der Waals surface area (Å²) in [6.07, 6.45) is 2.78. The number of ether oxygens (including phenoxy) is 1. The number of nitrogens with zero attached hydrogens (tertiary/aromatic N) is 3. The smallest absolute Gasteiger partial charge is 0.204 e. The van der Waals surface area contributed by atoms with E-state index in [0.717, 1.165) is 36.2 Å². The van der Waals surface area contributed by atoms with Crippen molar-refractivity contribution >= 4 is 23.4 Å². The van der Waals surface area contributed by atoms with Gasteiger partial charge in [-0.05, 0) is 6.42 Å². The third-order valence-electron chi connectivity index (χ3n) is 3.12. The Morgan fingerprint density at radius 3 is 3.06 bits per heavy atom. The fourth-order valence-electron chi connectivity index (χ4n) is 2.11. The summed E-state index contributed by atoms with van der Waals surface area (Å²) in [4.78, 5) is 10.9. The van der Waals surface area contributed by atoms with Crippen LogP contribution in [0.15, 0.2) is 6.33 Å². The van der Waals surface area contributed by atoms with Crippen molar-refractivity contribution < 1.29 is 4.74 Å². The zero-order valence-corrected chi connectivity index (χ0v) is 12.0. The molecule has 2 rings (SSSR count). The number of rotatable bonds is 4. The maximum Gasteiger partial charge on any atom is 0.204 e. The van der Waals surface area contributed by atoms with E-state index >= 15 is 0 Å². The van der Waals surface area contributed by atoms with Gasteiger partial charge in [0.1, 0.15) is 6.33 Å². The second-order valence-electron chi connectivity index (χ2n) is 4.18. The first-order valence-electron chi connectivity index (χ1n) is 6.23. The van der Waals surface area contributed by atoms with E-state index in [4.69, 9.17) is 4.74 Å². The van der Waals surface area contributed by atoms with Crippen LogP contribution in [-0.4, -0.2) is 48.2 Å². The molecule has 1 aromatic heterocycles. The molecule has 1 saturated heterocycles. The highest BCUT2D eigenvalue weighted by Gasteiger charge is 2.24. The van der Waals surface area contributed by atoms with E-state index in [-0.39, 0.29) is 0 Å². The zero-order valence-electron chi connectivity index (χ0n) is 11.1. The van der Waals surface area contributed by atoms with Gasteiger partial charge in [0, 0.05) is 31.1 Å². The summed E-state index contributed by atoms with van der Waals surface area (Å²) in [5.41, 5.74) is 0. The van der Waals surface area contributed by atoms with Gasteiger partial charge >= 0.3 is 0 Å². The fraction of sp³-hybridized carbons (Fsp3) is 0.667. The second-order valence-corrected chi connectivity index (χ2v) is 5.58. The van der Waals surface area contributed by atoms with Gasteiger partial charge in [0.25, 0.3) is 0 Å². The molecule has 6 heteroatoms. The molecule has 1 N–H and O–H groups in total. The molecule has 1 aliphatic rings. The lowest BCUT2D eigenvalue weighted by molar-refractivity contribution is 0.412. The van der Waals surface area contributed by atoms with E-state index in [2.05, 4.69) is 27.1 Å². The van der Waals surface area contributed by atoms with Crippen molar-refractivity contribution in [3.05, 3.63) is 6.33 Å².